The number of carbonyl (C=O) groups excluding carboxylic acids is 1. The Kier molecular flexibility index (Phi) is 8.72. The van der Waals surface area contributed by atoms with Crippen LogP contribution < -0.4 is 10.6 Å². The first-order valence-corrected chi connectivity index (χ1v) is 12.8. The average molecular weight is 478 g/mol. The Balaban J connectivity index is 1.47. The molecule has 2 aliphatic heterocycles. The van der Waals surface area contributed by atoms with Gasteiger partial charge in [-0.3, -0.25) is 4.79 Å². The molecule has 0 saturated carbocycles. The van der Waals surface area contributed by atoms with Gasteiger partial charge in [-0.15, -0.1) is 0 Å². The maximum Gasteiger partial charge on any atom is 0.260 e. The Morgan fingerprint density at radius 1 is 1.11 bits per heavy atom. The maximum absolute atomic E-state index is 13.9. The number of anilines is 1. The van der Waals surface area contributed by atoms with E-state index in [2.05, 4.69) is 46.7 Å². The van der Waals surface area contributed by atoms with Crippen molar-refractivity contribution in [3.63, 3.8) is 0 Å². The Morgan fingerprint density at radius 3 is 2.60 bits per heavy atom. The van der Waals surface area contributed by atoms with Crippen LogP contribution in [0.25, 0.3) is 11.1 Å². The molecule has 0 spiro atoms. The van der Waals surface area contributed by atoms with E-state index < -0.39 is 0 Å². The molecule has 1 amide bonds. The van der Waals surface area contributed by atoms with Crippen molar-refractivity contribution >= 4 is 22.7 Å². The van der Waals surface area contributed by atoms with Gasteiger partial charge in [0.15, 0.2) is 0 Å². The largest absolute Gasteiger partial charge is 0.493 e. The zero-order chi connectivity index (χ0) is 24.6. The quantitative estimate of drug-likeness (QED) is 0.266. The van der Waals surface area contributed by atoms with Crippen molar-refractivity contribution < 1.29 is 13.9 Å². The molecule has 1 saturated heterocycles. The Hall–Kier alpha value is -2.96. The van der Waals surface area contributed by atoms with Crippen molar-refractivity contribution in [2.45, 2.75) is 46.1 Å². The summed E-state index contributed by atoms with van der Waals surface area (Å²) in [5.41, 5.74) is 4.90. The van der Waals surface area contributed by atoms with Crippen LogP contribution in [0.15, 0.2) is 54.3 Å². The fourth-order valence-corrected chi connectivity index (χ4v) is 4.76. The van der Waals surface area contributed by atoms with Crippen LogP contribution in [0.1, 0.15) is 56.2 Å². The minimum atomic E-state index is -0.381. The van der Waals surface area contributed by atoms with Crippen molar-refractivity contribution in [1.29, 1.82) is 0 Å². The van der Waals surface area contributed by atoms with Crippen LogP contribution in [0.2, 0.25) is 0 Å². The average Bonchev–Trinajstić information content (AvgIpc) is 3.20. The highest BCUT2D eigenvalue weighted by Crippen LogP contribution is 2.36. The van der Waals surface area contributed by atoms with Gasteiger partial charge in [0.2, 0.25) is 0 Å². The summed E-state index contributed by atoms with van der Waals surface area (Å²) in [6, 6.07) is 12.8. The molecule has 186 valence electrons. The molecule has 2 heterocycles. The predicted octanol–water partition coefficient (Wildman–Crippen LogP) is 5.59. The van der Waals surface area contributed by atoms with Crippen LogP contribution in [0, 0.1) is 5.82 Å². The summed E-state index contributed by atoms with van der Waals surface area (Å²) < 4.78 is 19.8. The molecule has 5 nitrogen and oxygen atoms in total. The second kappa shape index (κ2) is 12.1. The number of piperidine rings is 1. The number of nitrogens with one attached hydrogen (secondary N) is 2. The summed E-state index contributed by atoms with van der Waals surface area (Å²) in [6.07, 6.45) is 6.71. The fourth-order valence-electron chi connectivity index (χ4n) is 4.76. The molecule has 0 aliphatic carbocycles. The van der Waals surface area contributed by atoms with Gasteiger partial charge in [0.1, 0.15) is 11.6 Å². The van der Waals surface area contributed by atoms with Gasteiger partial charge in [0.05, 0.1) is 12.2 Å². The number of hydrogen-bond donors (Lipinski definition) is 2. The number of ether oxygens (including phenoxy) is 1. The number of likely N-dealkylation sites (tertiary alicyclic amines) is 1. The minimum Gasteiger partial charge on any atom is -0.493 e. The summed E-state index contributed by atoms with van der Waals surface area (Å²) in [5.74, 6) is -0.185. The van der Waals surface area contributed by atoms with E-state index in [1.807, 2.05) is 13.0 Å². The Morgan fingerprint density at radius 2 is 1.89 bits per heavy atom. The van der Waals surface area contributed by atoms with Crippen molar-refractivity contribution in [3.8, 4) is 0 Å². The van der Waals surface area contributed by atoms with Crippen molar-refractivity contribution in [1.82, 2.24) is 10.2 Å². The van der Waals surface area contributed by atoms with Gasteiger partial charge in [-0.1, -0.05) is 37.6 Å². The molecule has 2 aromatic rings. The van der Waals surface area contributed by atoms with Crippen molar-refractivity contribution in [2.75, 3.05) is 38.1 Å². The van der Waals surface area contributed by atoms with Crippen LogP contribution in [0.3, 0.4) is 0 Å². The molecule has 2 aliphatic rings. The molecule has 2 aromatic carbocycles. The topological polar surface area (TPSA) is 53.6 Å². The number of fused-ring (bicyclic) bond motifs is 1. The lowest BCUT2D eigenvalue weighted by Crippen LogP contribution is -2.35. The smallest absolute Gasteiger partial charge is 0.260 e. The fraction of sp³-hybridized carbons (Fsp3) is 0.414. The summed E-state index contributed by atoms with van der Waals surface area (Å²) in [5, 5.41) is 6.37. The van der Waals surface area contributed by atoms with Crippen molar-refractivity contribution in [3.05, 3.63) is 76.8 Å². The number of allylic oxidation sites excluding steroid dienone is 2. The molecule has 0 unspecified atom stereocenters. The molecule has 0 bridgehead atoms. The molecule has 1 fully saturated rings. The second-order valence-corrected chi connectivity index (χ2v) is 9.12. The van der Waals surface area contributed by atoms with Crippen molar-refractivity contribution in [2.24, 2.45) is 0 Å². The standard InChI is InChI=1S/C29H36FN3O2/c1-3-22(18-27(35-4-2)28-25-19-24(30)12-13-26(25)32-29(28)34)23-10-8-21(9-11-23)20-31-14-17-33-15-6-5-7-16-33/h8-13,18-19,31H,3-7,14-17,20H2,1-2H3,(H,32,34)/b22-18+,28-27+. The van der Waals surface area contributed by atoms with E-state index in [4.69, 9.17) is 4.74 Å². The highest BCUT2D eigenvalue weighted by molar-refractivity contribution is 6.32. The normalized spacial score (nSPS) is 17.8. The molecule has 0 atom stereocenters. The van der Waals surface area contributed by atoms with Gasteiger partial charge in [-0.05, 0) is 80.3 Å². The summed E-state index contributed by atoms with van der Waals surface area (Å²) in [6.45, 7) is 9.77. The number of hydrogen-bond acceptors (Lipinski definition) is 4. The summed E-state index contributed by atoms with van der Waals surface area (Å²) >= 11 is 0. The Labute approximate surface area is 208 Å². The molecule has 35 heavy (non-hydrogen) atoms. The van der Waals surface area contributed by atoms with E-state index in [0.717, 1.165) is 37.2 Å². The van der Waals surface area contributed by atoms with E-state index in [0.29, 0.717) is 29.2 Å². The van der Waals surface area contributed by atoms with E-state index >= 15 is 0 Å². The number of halogens is 1. The van der Waals surface area contributed by atoms with E-state index in [1.54, 1.807) is 6.07 Å². The zero-order valence-corrected chi connectivity index (χ0v) is 20.8. The second-order valence-electron chi connectivity index (χ2n) is 9.12. The van der Waals surface area contributed by atoms with Crippen LogP contribution in [-0.4, -0.2) is 43.6 Å². The zero-order valence-electron chi connectivity index (χ0n) is 20.8. The summed E-state index contributed by atoms with van der Waals surface area (Å²) in [7, 11) is 0. The SMILES string of the molecule is CCOC(/C=C(\CC)c1ccc(CNCCN2CCCCC2)cc1)=C1/C(=O)Nc2ccc(F)cc21. The van der Waals surface area contributed by atoms with Gasteiger partial charge < -0.3 is 20.3 Å². The number of amides is 1. The number of nitrogens with zero attached hydrogens (tertiary/aromatic N) is 1. The molecular weight excluding hydrogens is 441 g/mol. The van der Waals surface area contributed by atoms with Crippen LogP contribution >= 0.6 is 0 Å². The number of rotatable bonds is 10. The third-order valence-corrected chi connectivity index (χ3v) is 6.67. The molecule has 4 rings (SSSR count). The first kappa shape index (κ1) is 25.1. The molecule has 0 radical (unpaired) electrons. The third kappa shape index (κ3) is 6.38. The van der Waals surface area contributed by atoms with Gasteiger partial charge in [0, 0.05) is 30.9 Å². The first-order valence-electron chi connectivity index (χ1n) is 12.8. The Bertz CT molecular complexity index is 1090. The van der Waals surface area contributed by atoms with Crippen LogP contribution in [0.5, 0.6) is 0 Å². The van der Waals surface area contributed by atoms with E-state index in [-0.39, 0.29) is 11.7 Å². The van der Waals surface area contributed by atoms with Gasteiger partial charge in [0.25, 0.3) is 5.91 Å². The van der Waals surface area contributed by atoms with Crippen LogP contribution in [0.4, 0.5) is 10.1 Å². The first-order chi connectivity index (χ1) is 17.1. The number of benzene rings is 2. The lowest BCUT2D eigenvalue weighted by atomic mass is 9.98. The maximum atomic E-state index is 13.9. The highest BCUT2D eigenvalue weighted by Gasteiger charge is 2.28. The summed E-state index contributed by atoms with van der Waals surface area (Å²) in [4.78, 5) is 15.3. The third-order valence-electron chi connectivity index (χ3n) is 6.67. The lowest BCUT2D eigenvalue weighted by Gasteiger charge is -2.26. The monoisotopic (exact) mass is 477 g/mol. The number of carbonyl (C=O) groups is 1. The molecule has 0 aromatic heterocycles. The predicted molar refractivity (Wildman–Crippen MR) is 140 cm³/mol. The molecular formula is C29H36FN3O2. The highest BCUT2D eigenvalue weighted by atomic mass is 19.1. The molecule has 2 N–H and O–H groups in total. The van der Waals surface area contributed by atoms with Gasteiger partial charge in [-0.2, -0.15) is 0 Å². The lowest BCUT2D eigenvalue weighted by molar-refractivity contribution is -0.110. The van der Waals surface area contributed by atoms with Crippen LogP contribution in [-0.2, 0) is 16.1 Å². The van der Waals surface area contributed by atoms with Gasteiger partial charge >= 0.3 is 0 Å². The van der Waals surface area contributed by atoms with E-state index in [1.165, 1.54) is 50.0 Å². The minimum absolute atomic E-state index is 0.272. The van der Waals surface area contributed by atoms with E-state index in [9.17, 15) is 9.18 Å². The molecule has 6 heteroatoms. The van der Waals surface area contributed by atoms with Gasteiger partial charge in [-0.25, -0.2) is 4.39 Å².